The summed E-state index contributed by atoms with van der Waals surface area (Å²) in [5.41, 5.74) is 5.39. The highest BCUT2D eigenvalue weighted by Gasteiger charge is 2.05. The topological polar surface area (TPSA) is 64.3 Å². The minimum Gasteiger partial charge on any atom is -0.493 e. The zero-order valence-corrected chi connectivity index (χ0v) is 9.48. The van der Waals surface area contributed by atoms with Crippen LogP contribution in [-0.4, -0.2) is 25.1 Å². The van der Waals surface area contributed by atoms with E-state index in [2.05, 4.69) is 5.32 Å². The van der Waals surface area contributed by atoms with Gasteiger partial charge in [0.05, 0.1) is 13.0 Å². The van der Waals surface area contributed by atoms with Crippen LogP contribution in [0.1, 0.15) is 13.3 Å². The van der Waals surface area contributed by atoms with Crippen molar-refractivity contribution in [3.63, 3.8) is 0 Å². The van der Waals surface area contributed by atoms with Crippen molar-refractivity contribution in [2.45, 2.75) is 19.4 Å². The molecule has 4 nitrogen and oxygen atoms in total. The summed E-state index contributed by atoms with van der Waals surface area (Å²) < 4.78 is 5.40. The van der Waals surface area contributed by atoms with E-state index in [0.717, 1.165) is 5.75 Å². The lowest BCUT2D eigenvalue weighted by Crippen LogP contribution is -2.38. The molecule has 1 aromatic rings. The van der Waals surface area contributed by atoms with Crippen molar-refractivity contribution >= 4 is 5.91 Å². The van der Waals surface area contributed by atoms with Crippen molar-refractivity contribution in [2.75, 3.05) is 13.2 Å². The maximum Gasteiger partial charge on any atom is 0.223 e. The predicted molar refractivity (Wildman–Crippen MR) is 63.2 cm³/mol. The number of rotatable bonds is 6. The summed E-state index contributed by atoms with van der Waals surface area (Å²) in [7, 11) is 0. The molecule has 88 valence electrons. The molecule has 1 amide bonds. The Hall–Kier alpha value is -1.55. The smallest absolute Gasteiger partial charge is 0.223 e. The minimum atomic E-state index is -0.0334. The molecule has 0 aliphatic rings. The van der Waals surface area contributed by atoms with Crippen molar-refractivity contribution in [3.8, 4) is 5.75 Å². The van der Waals surface area contributed by atoms with Crippen LogP contribution >= 0.6 is 0 Å². The fourth-order valence-electron chi connectivity index (χ4n) is 1.18. The fraction of sp³-hybridized carbons (Fsp3) is 0.417. The molecule has 0 radical (unpaired) electrons. The monoisotopic (exact) mass is 222 g/mol. The molecule has 0 saturated carbocycles. The Morgan fingerprint density at radius 2 is 2.12 bits per heavy atom. The van der Waals surface area contributed by atoms with E-state index in [0.29, 0.717) is 19.6 Å². The molecular weight excluding hydrogens is 204 g/mol. The van der Waals surface area contributed by atoms with Crippen LogP contribution in [-0.2, 0) is 4.79 Å². The van der Waals surface area contributed by atoms with Gasteiger partial charge in [0.2, 0.25) is 5.91 Å². The van der Waals surface area contributed by atoms with E-state index in [-0.39, 0.29) is 11.9 Å². The van der Waals surface area contributed by atoms with E-state index in [1.54, 1.807) is 0 Å². The third-order valence-corrected chi connectivity index (χ3v) is 2.10. The van der Waals surface area contributed by atoms with Crippen LogP contribution in [0.4, 0.5) is 0 Å². The molecule has 1 rings (SSSR count). The molecule has 0 fully saturated rings. The van der Waals surface area contributed by atoms with Gasteiger partial charge in [0.25, 0.3) is 0 Å². The highest BCUT2D eigenvalue weighted by molar-refractivity contribution is 5.76. The molecule has 0 saturated heterocycles. The fourth-order valence-corrected chi connectivity index (χ4v) is 1.18. The van der Waals surface area contributed by atoms with Gasteiger partial charge in [0.1, 0.15) is 5.75 Å². The first-order chi connectivity index (χ1) is 7.72. The van der Waals surface area contributed by atoms with E-state index in [4.69, 9.17) is 10.5 Å². The predicted octanol–water partition coefficient (Wildman–Crippen LogP) is 0.919. The lowest BCUT2D eigenvalue weighted by molar-refractivity contribution is -0.122. The maximum absolute atomic E-state index is 11.4. The first kappa shape index (κ1) is 12.5. The molecule has 0 spiro atoms. The molecule has 1 atom stereocenters. The number of hydrogen-bond acceptors (Lipinski definition) is 3. The molecule has 0 aromatic heterocycles. The zero-order chi connectivity index (χ0) is 11.8. The van der Waals surface area contributed by atoms with Gasteiger partial charge in [-0.2, -0.15) is 0 Å². The van der Waals surface area contributed by atoms with Crippen molar-refractivity contribution in [2.24, 2.45) is 5.73 Å². The Kier molecular flexibility index (Phi) is 5.36. The van der Waals surface area contributed by atoms with Crippen LogP contribution < -0.4 is 15.8 Å². The Balaban J connectivity index is 2.18. The molecule has 3 N–H and O–H groups in total. The summed E-state index contributed by atoms with van der Waals surface area (Å²) in [6, 6.07) is 9.45. The highest BCUT2D eigenvalue weighted by atomic mass is 16.5. The highest BCUT2D eigenvalue weighted by Crippen LogP contribution is 2.08. The van der Waals surface area contributed by atoms with E-state index in [9.17, 15) is 4.79 Å². The van der Waals surface area contributed by atoms with Crippen LogP contribution in [0.25, 0.3) is 0 Å². The van der Waals surface area contributed by atoms with Gasteiger partial charge in [0, 0.05) is 12.6 Å². The number of amides is 1. The Bertz CT molecular complexity index is 314. The summed E-state index contributed by atoms with van der Waals surface area (Å²) in [6.45, 7) is 2.70. The van der Waals surface area contributed by atoms with Crippen LogP contribution in [0, 0.1) is 0 Å². The Labute approximate surface area is 95.8 Å². The number of carbonyl (C=O) groups excluding carboxylic acids is 1. The molecular formula is C12H18N2O2. The van der Waals surface area contributed by atoms with Gasteiger partial charge in [-0.3, -0.25) is 4.79 Å². The summed E-state index contributed by atoms with van der Waals surface area (Å²) >= 11 is 0. The standard InChI is InChI=1S/C12H18N2O2/c1-10(9-13)14-12(15)7-8-16-11-5-3-2-4-6-11/h2-6,10H,7-9,13H2,1H3,(H,14,15)/t10-/m0/s1. The molecule has 1 aromatic carbocycles. The number of nitrogens with one attached hydrogen (secondary N) is 1. The third kappa shape index (κ3) is 4.79. The summed E-state index contributed by atoms with van der Waals surface area (Å²) in [5.74, 6) is 0.746. The molecule has 0 unspecified atom stereocenters. The number of para-hydroxylation sites is 1. The van der Waals surface area contributed by atoms with Gasteiger partial charge in [-0.1, -0.05) is 18.2 Å². The number of hydrogen-bond donors (Lipinski definition) is 2. The second-order valence-electron chi connectivity index (χ2n) is 3.62. The first-order valence-corrected chi connectivity index (χ1v) is 5.39. The normalized spacial score (nSPS) is 11.9. The average molecular weight is 222 g/mol. The lowest BCUT2D eigenvalue weighted by Gasteiger charge is -2.11. The summed E-state index contributed by atoms with van der Waals surface area (Å²) in [6.07, 6.45) is 0.346. The van der Waals surface area contributed by atoms with Crippen molar-refractivity contribution in [1.82, 2.24) is 5.32 Å². The third-order valence-electron chi connectivity index (χ3n) is 2.10. The molecule has 4 heteroatoms. The summed E-state index contributed by atoms with van der Waals surface area (Å²) in [4.78, 5) is 11.4. The molecule has 0 bridgehead atoms. The van der Waals surface area contributed by atoms with Crippen molar-refractivity contribution in [3.05, 3.63) is 30.3 Å². The van der Waals surface area contributed by atoms with E-state index >= 15 is 0 Å². The van der Waals surface area contributed by atoms with Gasteiger partial charge in [-0.05, 0) is 19.1 Å². The SMILES string of the molecule is C[C@@H](CN)NC(=O)CCOc1ccccc1. The van der Waals surface area contributed by atoms with Crippen LogP contribution in [0.5, 0.6) is 5.75 Å². The lowest BCUT2D eigenvalue weighted by atomic mass is 10.3. The number of nitrogens with two attached hydrogens (primary N) is 1. The van der Waals surface area contributed by atoms with Crippen LogP contribution in [0.2, 0.25) is 0 Å². The zero-order valence-electron chi connectivity index (χ0n) is 9.48. The van der Waals surface area contributed by atoms with Gasteiger partial charge in [0.15, 0.2) is 0 Å². The largest absolute Gasteiger partial charge is 0.493 e. The van der Waals surface area contributed by atoms with E-state index < -0.39 is 0 Å². The van der Waals surface area contributed by atoms with Crippen LogP contribution in [0.15, 0.2) is 30.3 Å². The Morgan fingerprint density at radius 1 is 1.44 bits per heavy atom. The maximum atomic E-state index is 11.4. The quantitative estimate of drug-likeness (QED) is 0.752. The minimum absolute atomic E-state index is 0.0178. The van der Waals surface area contributed by atoms with Gasteiger partial charge in [-0.15, -0.1) is 0 Å². The molecule has 0 aliphatic carbocycles. The average Bonchev–Trinajstić information content (AvgIpc) is 2.30. The first-order valence-electron chi connectivity index (χ1n) is 5.39. The molecule has 0 heterocycles. The van der Waals surface area contributed by atoms with Crippen molar-refractivity contribution in [1.29, 1.82) is 0 Å². The van der Waals surface area contributed by atoms with Gasteiger partial charge < -0.3 is 15.8 Å². The number of carbonyl (C=O) groups is 1. The Morgan fingerprint density at radius 3 is 2.75 bits per heavy atom. The molecule has 0 aliphatic heterocycles. The van der Waals surface area contributed by atoms with Crippen molar-refractivity contribution < 1.29 is 9.53 Å². The number of ether oxygens (including phenoxy) is 1. The molecule has 16 heavy (non-hydrogen) atoms. The second kappa shape index (κ2) is 6.85. The second-order valence-corrected chi connectivity index (χ2v) is 3.62. The van der Waals surface area contributed by atoms with E-state index in [1.807, 2.05) is 37.3 Å². The van der Waals surface area contributed by atoms with Crippen LogP contribution in [0.3, 0.4) is 0 Å². The number of benzene rings is 1. The van der Waals surface area contributed by atoms with Gasteiger partial charge in [-0.25, -0.2) is 0 Å². The van der Waals surface area contributed by atoms with E-state index in [1.165, 1.54) is 0 Å². The van der Waals surface area contributed by atoms with Gasteiger partial charge >= 0.3 is 0 Å². The summed E-state index contributed by atoms with van der Waals surface area (Å²) in [5, 5.41) is 2.77.